The summed E-state index contributed by atoms with van der Waals surface area (Å²) in [6.45, 7) is 1.42. The van der Waals surface area contributed by atoms with Crippen molar-refractivity contribution >= 4 is 12.0 Å². The normalized spacial score (nSPS) is 15.6. The molecule has 0 heterocycles. The number of hydrogen-bond acceptors (Lipinski definition) is 2. The van der Waals surface area contributed by atoms with Crippen LogP contribution < -0.4 is 0 Å². The first-order valence-corrected chi connectivity index (χ1v) is 6.82. The largest absolute Gasteiger partial charge is 0.478 e. The highest BCUT2D eigenvalue weighted by molar-refractivity contribution is 5.85. The maximum Gasteiger partial charge on any atom is 0.328 e. The second-order valence-electron chi connectivity index (χ2n) is 5.05. The molecule has 0 saturated heterocycles. The molecule has 2 rings (SSSR count). The standard InChI is InChI=1S/C16H20O3/c17-16(18)8-7-14-5-2-6-15(11-14)12-19-10-9-13-3-1-4-13/h2,5-8,11,13H,1,3-4,9-10,12H2,(H,17,18)/b8-7+. The van der Waals surface area contributed by atoms with Crippen molar-refractivity contribution < 1.29 is 14.6 Å². The highest BCUT2D eigenvalue weighted by Gasteiger charge is 2.16. The zero-order valence-electron chi connectivity index (χ0n) is 11.0. The SMILES string of the molecule is O=C(O)/C=C/c1cccc(COCCC2CCC2)c1. The maximum absolute atomic E-state index is 10.5. The number of carboxylic acids is 1. The Balaban J connectivity index is 1.76. The van der Waals surface area contributed by atoms with E-state index >= 15 is 0 Å². The molecule has 0 unspecified atom stereocenters. The Hall–Kier alpha value is -1.61. The fraction of sp³-hybridized carbons (Fsp3) is 0.438. The van der Waals surface area contributed by atoms with E-state index < -0.39 is 5.97 Å². The summed E-state index contributed by atoms with van der Waals surface area (Å²) < 4.78 is 5.67. The van der Waals surface area contributed by atoms with Crippen molar-refractivity contribution in [1.29, 1.82) is 0 Å². The number of hydrogen-bond donors (Lipinski definition) is 1. The summed E-state index contributed by atoms with van der Waals surface area (Å²) in [7, 11) is 0. The average molecular weight is 260 g/mol. The Bertz CT molecular complexity index is 447. The van der Waals surface area contributed by atoms with E-state index in [0.717, 1.165) is 29.7 Å². The molecule has 0 amide bonds. The monoisotopic (exact) mass is 260 g/mol. The van der Waals surface area contributed by atoms with Crippen LogP contribution >= 0.6 is 0 Å². The number of rotatable bonds is 7. The van der Waals surface area contributed by atoms with Gasteiger partial charge in [-0.2, -0.15) is 0 Å². The minimum absolute atomic E-state index is 0.599. The fourth-order valence-electron chi connectivity index (χ4n) is 2.18. The van der Waals surface area contributed by atoms with Crippen LogP contribution in [0.5, 0.6) is 0 Å². The van der Waals surface area contributed by atoms with Crippen LogP contribution in [-0.2, 0) is 16.1 Å². The van der Waals surface area contributed by atoms with E-state index in [1.807, 2.05) is 24.3 Å². The molecule has 3 heteroatoms. The lowest BCUT2D eigenvalue weighted by Gasteiger charge is -2.24. The smallest absolute Gasteiger partial charge is 0.328 e. The fourth-order valence-corrected chi connectivity index (χ4v) is 2.18. The van der Waals surface area contributed by atoms with Crippen molar-refractivity contribution in [2.24, 2.45) is 5.92 Å². The minimum Gasteiger partial charge on any atom is -0.478 e. The van der Waals surface area contributed by atoms with E-state index in [4.69, 9.17) is 9.84 Å². The number of benzene rings is 1. The molecule has 1 saturated carbocycles. The summed E-state index contributed by atoms with van der Waals surface area (Å²) in [6.07, 6.45) is 8.01. The summed E-state index contributed by atoms with van der Waals surface area (Å²) >= 11 is 0. The summed E-state index contributed by atoms with van der Waals surface area (Å²) in [4.78, 5) is 10.5. The van der Waals surface area contributed by atoms with Gasteiger partial charge in [0, 0.05) is 12.7 Å². The molecule has 1 aliphatic rings. The maximum atomic E-state index is 10.5. The molecule has 0 spiro atoms. The molecule has 1 aromatic carbocycles. The Morgan fingerprint density at radius 2 is 2.26 bits per heavy atom. The highest BCUT2D eigenvalue weighted by atomic mass is 16.5. The first kappa shape index (κ1) is 13.8. The molecule has 3 nitrogen and oxygen atoms in total. The van der Waals surface area contributed by atoms with Gasteiger partial charge in [0.05, 0.1) is 6.61 Å². The number of carbonyl (C=O) groups is 1. The molecule has 19 heavy (non-hydrogen) atoms. The second-order valence-corrected chi connectivity index (χ2v) is 5.05. The van der Waals surface area contributed by atoms with Gasteiger partial charge in [-0.15, -0.1) is 0 Å². The van der Waals surface area contributed by atoms with E-state index in [2.05, 4.69) is 0 Å². The second kappa shape index (κ2) is 7.10. The summed E-state index contributed by atoms with van der Waals surface area (Å²) in [5.41, 5.74) is 1.98. The summed E-state index contributed by atoms with van der Waals surface area (Å²) in [6, 6.07) is 7.77. The molecule has 0 radical (unpaired) electrons. The summed E-state index contributed by atoms with van der Waals surface area (Å²) in [5, 5.41) is 8.59. The molecule has 0 atom stereocenters. The Labute approximate surface area is 113 Å². The molecular weight excluding hydrogens is 240 g/mol. The van der Waals surface area contributed by atoms with Crippen LogP contribution in [0.4, 0.5) is 0 Å². The zero-order chi connectivity index (χ0) is 13.5. The van der Waals surface area contributed by atoms with Crippen LogP contribution in [0.3, 0.4) is 0 Å². The van der Waals surface area contributed by atoms with Gasteiger partial charge in [0.15, 0.2) is 0 Å². The molecule has 1 fully saturated rings. The number of aliphatic carboxylic acids is 1. The molecule has 1 aromatic rings. The third kappa shape index (κ3) is 4.87. The van der Waals surface area contributed by atoms with E-state index in [1.165, 1.54) is 25.7 Å². The average Bonchev–Trinajstić information content (AvgIpc) is 2.34. The van der Waals surface area contributed by atoms with E-state index in [-0.39, 0.29) is 0 Å². The van der Waals surface area contributed by atoms with Gasteiger partial charge in [0.2, 0.25) is 0 Å². The predicted molar refractivity (Wildman–Crippen MR) is 74.7 cm³/mol. The van der Waals surface area contributed by atoms with Crippen LogP contribution in [0.2, 0.25) is 0 Å². The van der Waals surface area contributed by atoms with Crippen LogP contribution in [0, 0.1) is 5.92 Å². The van der Waals surface area contributed by atoms with Crippen LogP contribution in [0.1, 0.15) is 36.8 Å². The first-order valence-electron chi connectivity index (χ1n) is 6.82. The van der Waals surface area contributed by atoms with Gasteiger partial charge in [-0.3, -0.25) is 0 Å². The topological polar surface area (TPSA) is 46.5 Å². The molecule has 1 N–H and O–H groups in total. The summed E-state index contributed by atoms with van der Waals surface area (Å²) in [5.74, 6) is -0.0491. The molecule has 0 aliphatic heterocycles. The number of ether oxygens (including phenoxy) is 1. The van der Waals surface area contributed by atoms with Gasteiger partial charge in [0.1, 0.15) is 0 Å². The van der Waals surface area contributed by atoms with Crippen molar-refractivity contribution in [1.82, 2.24) is 0 Å². The van der Waals surface area contributed by atoms with Gasteiger partial charge < -0.3 is 9.84 Å². The lowest BCUT2D eigenvalue weighted by atomic mass is 9.83. The van der Waals surface area contributed by atoms with E-state index in [0.29, 0.717) is 6.61 Å². The van der Waals surface area contributed by atoms with Crippen LogP contribution in [0.15, 0.2) is 30.3 Å². The van der Waals surface area contributed by atoms with Crippen molar-refractivity contribution in [3.63, 3.8) is 0 Å². The predicted octanol–water partition coefficient (Wildman–Crippen LogP) is 3.49. The van der Waals surface area contributed by atoms with Gasteiger partial charge >= 0.3 is 5.97 Å². The third-order valence-corrected chi connectivity index (χ3v) is 3.53. The quantitative estimate of drug-likeness (QED) is 0.603. The van der Waals surface area contributed by atoms with E-state index in [9.17, 15) is 4.79 Å². The van der Waals surface area contributed by atoms with Gasteiger partial charge in [-0.1, -0.05) is 37.5 Å². The molecular formula is C16H20O3. The number of carboxylic acid groups (broad SMARTS) is 1. The van der Waals surface area contributed by atoms with Crippen LogP contribution in [0.25, 0.3) is 6.08 Å². The van der Waals surface area contributed by atoms with Gasteiger partial charge in [-0.25, -0.2) is 4.79 Å². The van der Waals surface area contributed by atoms with Gasteiger partial charge in [0.25, 0.3) is 0 Å². The van der Waals surface area contributed by atoms with E-state index in [1.54, 1.807) is 6.08 Å². The highest BCUT2D eigenvalue weighted by Crippen LogP contribution is 2.29. The Kier molecular flexibility index (Phi) is 5.16. The van der Waals surface area contributed by atoms with Crippen molar-refractivity contribution in [3.8, 4) is 0 Å². The lowest BCUT2D eigenvalue weighted by Crippen LogP contribution is -2.13. The minimum atomic E-state index is -0.929. The molecule has 1 aliphatic carbocycles. The Morgan fingerprint density at radius 1 is 1.42 bits per heavy atom. The van der Waals surface area contributed by atoms with Crippen molar-refractivity contribution in [2.75, 3.05) is 6.61 Å². The van der Waals surface area contributed by atoms with Crippen molar-refractivity contribution in [2.45, 2.75) is 32.3 Å². The first-order chi connectivity index (χ1) is 9.24. The van der Waals surface area contributed by atoms with Gasteiger partial charge in [-0.05, 0) is 35.6 Å². The molecule has 0 bridgehead atoms. The third-order valence-electron chi connectivity index (χ3n) is 3.53. The van der Waals surface area contributed by atoms with Crippen LogP contribution in [-0.4, -0.2) is 17.7 Å². The van der Waals surface area contributed by atoms with Crippen molar-refractivity contribution in [3.05, 3.63) is 41.5 Å². The zero-order valence-corrected chi connectivity index (χ0v) is 11.0. The Morgan fingerprint density at radius 3 is 2.95 bits per heavy atom. The molecule has 102 valence electrons. The lowest BCUT2D eigenvalue weighted by molar-refractivity contribution is -0.131. The molecule has 0 aromatic heterocycles.